The van der Waals surface area contributed by atoms with Gasteiger partial charge in [-0.15, -0.1) is 17.5 Å². The summed E-state index contributed by atoms with van der Waals surface area (Å²) in [6.07, 6.45) is 3.22. The Hall–Kier alpha value is -3.39. The van der Waals surface area contributed by atoms with Crippen molar-refractivity contribution in [1.82, 2.24) is 14.3 Å². The Kier molecular flexibility index (Phi) is 7.57. The molecule has 3 aromatic rings. The molecule has 3 N–H and O–H groups in total. The highest BCUT2D eigenvalue weighted by Gasteiger charge is 2.57. The number of nitrogen functional groups attached to an aromatic ring is 1. The van der Waals surface area contributed by atoms with Gasteiger partial charge < -0.3 is 10.5 Å². The quantitative estimate of drug-likeness (QED) is 0.260. The second-order valence-electron chi connectivity index (χ2n) is 11.2. The van der Waals surface area contributed by atoms with E-state index in [1.165, 1.54) is 11.1 Å². The van der Waals surface area contributed by atoms with E-state index >= 15 is 0 Å². The number of nitrogens with two attached hydrogens (primary N) is 1. The number of nitrogens with one attached hydrogen (secondary N) is 1. The lowest BCUT2D eigenvalue weighted by Crippen LogP contribution is -2.57. The first-order valence-electron chi connectivity index (χ1n) is 13.0. The standard InChI is InChI=1S/C29H35N5O3.ClH/c1-17-24-15-21(29(24,3)4)16-25(17)37-26(35)14-7-19-5-10-22(11-6-19)33-18(2)32-34(28(33)36)23-12-8-20(9-13-23)27(30)31;/h5-6,8-13,17,21,24-25H,7,14-16H2,1-4H3,(H3,30,31);1H. The van der Waals surface area contributed by atoms with Gasteiger partial charge in [-0.05, 0) is 91.3 Å². The number of fused-ring (bicyclic) bond motifs is 2. The maximum absolute atomic E-state index is 13.1. The molecule has 0 spiro atoms. The van der Waals surface area contributed by atoms with Crippen LogP contribution in [0.25, 0.3) is 11.4 Å². The van der Waals surface area contributed by atoms with E-state index in [0.29, 0.717) is 58.8 Å². The number of rotatable bonds is 7. The van der Waals surface area contributed by atoms with Crippen LogP contribution >= 0.6 is 12.4 Å². The molecule has 4 unspecified atom stereocenters. The molecule has 6 rings (SSSR count). The molecule has 3 aliphatic rings. The molecule has 1 heterocycles. The van der Waals surface area contributed by atoms with Crippen LogP contribution in [0.15, 0.2) is 53.3 Å². The predicted octanol–water partition coefficient (Wildman–Crippen LogP) is 4.58. The minimum Gasteiger partial charge on any atom is -0.462 e. The van der Waals surface area contributed by atoms with E-state index in [0.717, 1.165) is 12.0 Å². The summed E-state index contributed by atoms with van der Waals surface area (Å²) >= 11 is 0. The van der Waals surface area contributed by atoms with E-state index in [1.807, 2.05) is 24.3 Å². The number of aryl methyl sites for hydroxylation is 2. The van der Waals surface area contributed by atoms with Gasteiger partial charge >= 0.3 is 11.7 Å². The Balaban J connectivity index is 0.00000336. The molecule has 202 valence electrons. The molecule has 9 heteroatoms. The fourth-order valence-electron chi connectivity index (χ4n) is 6.26. The Morgan fingerprint density at radius 3 is 2.32 bits per heavy atom. The highest BCUT2D eigenvalue weighted by atomic mass is 35.5. The van der Waals surface area contributed by atoms with E-state index < -0.39 is 0 Å². The average molecular weight is 538 g/mol. The third kappa shape index (κ3) is 4.89. The SMILES string of the molecule is Cc1nn(-c2ccc(C(=N)N)cc2)c(=O)n1-c1ccc(CCC(=O)OC2CC3CC(C2C)C3(C)C)cc1.Cl. The Bertz CT molecular complexity index is 1390. The maximum atomic E-state index is 13.1. The number of hydrogen-bond acceptors (Lipinski definition) is 5. The molecule has 38 heavy (non-hydrogen) atoms. The Morgan fingerprint density at radius 1 is 1.11 bits per heavy atom. The Labute approximate surface area is 229 Å². The second-order valence-corrected chi connectivity index (χ2v) is 11.2. The van der Waals surface area contributed by atoms with Gasteiger partial charge in [-0.25, -0.2) is 9.36 Å². The number of amidine groups is 1. The molecule has 3 aliphatic carbocycles. The van der Waals surface area contributed by atoms with E-state index in [1.54, 1.807) is 35.8 Å². The summed E-state index contributed by atoms with van der Waals surface area (Å²) in [4.78, 5) is 25.7. The molecular formula is C29H36ClN5O3. The number of carbonyl (C=O) groups excluding carboxylic acids is 1. The monoisotopic (exact) mass is 537 g/mol. The predicted molar refractivity (Wildman–Crippen MR) is 150 cm³/mol. The highest BCUT2D eigenvalue weighted by molar-refractivity contribution is 5.95. The highest BCUT2D eigenvalue weighted by Crippen LogP contribution is 2.61. The van der Waals surface area contributed by atoms with E-state index in [2.05, 4.69) is 25.9 Å². The van der Waals surface area contributed by atoms with Crippen molar-refractivity contribution < 1.29 is 9.53 Å². The molecule has 0 amide bonds. The van der Waals surface area contributed by atoms with Crippen molar-refractivity contribution in [2.45, 2.75) is 59.5 Å². The smallest absolute Gasteiger partial charge is 0.355 e. The molecule has 2 aromatic carbocycles. The summed E-state index contributed by atoms with van der Waals surface area (Å²) in [5.41, 5.74) is 8.51. The van der Waals surface area contributed by atoms with Gasteiger partial charge in [0.15, 0.2) is 0 Å². The van der Waals surface area contributed by atoms with Crippen molar-refractivity contribution in [2.75, 3.05) is 0 Å². The molecule has 0 aliphatic heterocycles. The van der Waals surface area contributed by atoms with Gasteiger partial charge in [-0.3, -0.25) is 10.2 Å². The summed E-state index contributed by atoms with van der Waals surface area (Å²) < 4.78 is 8.78. The maximum Gasteiger partial charge on any atom is 0.355 e. The molecule has 1 aromatic heterocycles. The van der Waals surface area contributed by atoms with Crippen molar-refractivity contribution >= 4 is 24.2 Å². The lowest BCUT2D eigenvalue weighted by atomic mass is 9.45. The molecule has 0 radical (unpaired) electrons. The van der Waals surface area contributed by atoms with Gasteiger partial charge in [0.1, 0.15) is 17.8 Å². The van der Waals surface area contributed by atoms with Crippen LogP contribution < -0.4 is 11.4 Å². The fraction of sp³-hybridized carbons (Fsp3) is 0.448. The van der Waals surface area contributed by atoms with Crippen molar-refractivity contribution in [2.24, 2.45) is 28.9 Å². The molecular weight excluding hydrogens is 502 g/mol. The molecule has 2 bridgehead atoms. The molecule has 8 nitrogen and oxygen atoms in total. The van der Waals surface area contributed by atoms with Crippen LogP contribution in [-0.2, 0) is 16.0 Å². The van der Waals surface area contributed by atoms with Crippen LogP contribution in [0.2, 0.25) is 0 Å². The van der Waals surface area contributed by atoms with Gasteiger partial charge in [0.25, 0.3) is 0 Å². The average Bonchev–Trinajstić information content (AvgIpc) is 3.17. The zero-order valence-electron chi connectivity index (χ0n) is 22.3. The number of nitrogens with zero attached hydrogens (tertiary/aromatic N) is 3. The van der Waals surface area contributed by atoms with Crippen molar-refractivity contribution in [1.29, 1.82) is 5.41 Å². The number of carbonyl (C=O) groups is 1. The lowest BCUT2D eigenvalue weighted by molar-refractivity contribution is -0.186. The molecule has 0 saturated heterocycles. The van der Waals surface area contributed by atoms with Crippen LogP contribution in [0, 0.1) is 35.5 Å². The van der Waals surface area contributed by atoms with Crippen molar-refractivity contribution in [3.63, 3.8) is 0 Å². The van der Waals surface area contributed by atoms with Gasteiger partial charge in [0.05, 0.1) is 11.4 Å². The van der Waals surface area contributed by atoms with E-state index in [9.17, 15) is 9.59 Å². The number of halogens is 1. The van der Waals surface area contributed by atoms with E-state index in [-0.39, 0.29) is 36.0 Å². The summed E-state index contributed by atoms with van der Waals surface area (Å²) in [5, 5.41) is 11.9. The Morgan fingerprint density at radius 2 is 1.74 bits per heavy atom. The van der Waals surface area contributed by atoms with E-state index in [4.69, 9.17) is 15.9 Å². The third-order valence-corrected chi connectivity index (χ3v) is 8.74. The van der Waals surface area contributed by atoms with Crippen LogP contribution in [0.5, 0.6) is 0 Å². The number of benzene rings is 2. The molecule has 4 atom stereocenters. The summed E-state index contributed by atoms with van der Waals surface area (Å²) in [7, 11) is 0. The third-order valence-electron chi connectivity index (χ3n) is 8.74. The number of ether oxygens (including phenoxy) is 1. The van der Waals surface area contributed by atoms with Crippen LogP contribution in [0.4, 0.5) is 0 Å². The normalized spacial score (nSPS) is 23.2. The fourth-order valence-corrected chi connectivity index (χ4v) is 6.26. The molecule has 3 saturated carbocycles. The van der Waals surface area contributed by atoms with Crippen molar-refractivity contribution in [3.05, 3.63) is 76.0 Å². The van der Waals surface area contributed by atoms with Gasteiger partial charge in [0, 0.05) is 12.0 Å². The first-order valence-corrected chi connectivity index (χ1v) is 13.0. The first kappa shape index (κ1) is 27.6. The number of esters is 1. The minimum atomic E-state index is -0.285. The summed E-state index contributed by atoms with van der Waals surface area (Å²) in [6.45, 7) is 8.70. The van der Waals surface area contributed by atoms with Gasteiger partial charge in [-0.1, -0.05) is 32.9 Å². The van der Waals surface area contributed by atoms with Gasteiger partial charge in [-0.2, -0.15) is 4.68 Å². The lowest BCUT2D eigenvalue weighted by Gasteiger charge is -2.61. The number of hydrogen-bond donors (Lipinski definition) is 2. The number of aromatic nitrogens is 3. The summed E-state index contributed by atoms with van der Waals surface area (Å²) in [6, 6.07) is 14.4. The topological polar surface area (TPSA) is 116 Å². The van der Waals surface area contributed by atoms with Crippen LogP contribution in [0.1, 0.15) is 57.0 Å². The zero-order chi connectivity index (χ0) is 26.5. The summed E-state index contributed by atoms with van der Waals surface area (Å²) in [5.74, 6) is 2.11. The van der Waals surface area contributed by atoms with Crippen molar-refractivity contribution in [3.8, 4) is 11.4 Å². The minimum absolute atomic E-state index is 0. The molecule has 3 fully saturated rings. The van der Waals surface area contributed by atoms with Gasteiger partial charge in [0.2, 0.25) is 0 Å². The van der Waals surface area contributed by atoms with Crippen LogP contribution in [-0.4, -0.2) is 32.3 Å². The second kappa shape index (κ2) is 10.4. The largest absolute Gasteiger partial charge is 0.462 e. The first-order chi connectivity index (χ1) is 17.6. The van der Waals surface area contributed by atoms with Crippen LogP contribution in [0.3, 0.4) is 0 Å². The zero-order valence-corrected chi connectivity index (χ0v) is 23.1.